The van der Waals surface area contributed by atoms with E-state index in [1.165, 1.54) is 32.1 Å². The molecule has 0 radical (unpaired) electrons. The van der Waals surface area contributed by atoms with Crippen molar-refractivity contribution in [3.8, 4) is 0 Å². The molecular weight excluding hydrogens is 272 g/mol. The van der Waals surface area contributed by atoms with Crippen LogP contribution in [0.5, 0.6) is 0 Å². The van der Waals surface area contributed by atoms with Crippen LogP contribution in [-0.2, 0) is 4.79 Å². The maximum Gasteiger partial charge on any atom is 0.309 e. The van der Waals surface area contributed by atoms with Crippen molar-refractivity contribution in [1.29, 1.82) is 0 Å². The van der Waals surface area contributed by atoms with Gasteiger partial charge >= 0.3 is 5.97 Å². The smallest absolute Gasteiger partial charge is 0.309 e. The monoisotopic (exact) mass is 304 g/mol. The van der Waals surface area contributed by atoms with Crippen LogP contribution in [0.4, 0.5) is 0 Å². The molecule has 0 aliphatic heterocycles. The number of hydrogen-bond acceptors (Lipinski definition) is 1. The molecule has 0 heterocycles. The summed E-state index contributed by atoms with van der Waals surface area (Å²) in [4.78, 5) is 12.0. The van der Waals surface area contributed by atoms with E-state index in [1.54, 1.807) is 0 Å². The van der Waals surface area contributed by atoms with Crippen LogP contribution in [0.25, 0.3) is 0 Å². The Labute approximate surface area is 135 Å². The Morgan fingerprint density at radius 2 is 1.86 bits per heavy atom. The Bertz CT molecular complexity index is 484. The number of fused-ring (bicyclic) bond motifs is 3. The van der Waals surface area contributed by atoms with Crippen molar-refractivity contribution in [2.75, 3.05) is 0 Å². The number of carboxylic acid groups (broad SMARTS) is 1. The van der Waals surface area contributed by atoms with Gasteiger partial charge in [0.2, 0.25) is 0 Å². The van der Waals surface area contributed by atoms with Crippen LogP contribution >= 0.6 is 0 Å². The molecule has 0 spiro atoms. The summed E-state index contributed by atoms with van der Waals surface area (Å²) in [5.41, 5.74) is 0.0308. The minimum absolute atomic E-state index is 0.233. The van der Waals surface area contributed by atoms with E-state index >= 15 is 0 Å². The summed E-state index contributed by atoms with van der Waals surface area (Å²) >= 11 is 0. The molecule has 0 bridgehead atoms. The fraction of sp³-hybridized carbons (Fsp3) is 0.850. The topological polar surface area (TPSA) is 37.3 Å². The molecule has 3 rings (SSSR count). The third-order valence-corrected chi connectivity index (χ3v) is 7.96. The molecule has 0 amide bonds. The second kappa shape index (κ2) is 5.11. The largest absolute Gasteiger partial charge is 0.481 e. The normalized spacial score (nSPS) is 51.5. The van der Waals surface area contributed by atoms with E-state index in [2.05, 4.69) is 26.5 Å². The van der Waals surface area contributed by atoms with Gasteiger partial charge in [0, 0.05) is 0 Å². The molecular formula is C20H32O2. The van der Waals surface area contributed by atoms with Crippen molar-refractivity contribution in [2.45, 2.75) is 72.1 Å². The highest BCUT2D eigenvalue weighted by Gasteiger charge is 2.59. The molecule has 3 aliphatic carbocycles. The van der Waals surface area contributed by atoms with Gasteiger partial charge in [-0.1, -0.05) is 26.3 Å². The molecule has 0 saturated heterocycles. The second-order valence-corrected chi connectivity index (χ2v) is 9.18. The maximum absolute atomic E-state index is 12.0. The van der Waals surface area contributed by atoms with Crippen LogP contribution < -0.4 is 0 Å². The lowest BCUT2D eigenvalue weighted by molar-refractivity contribution is -0.173. The molecule has 124 valence electrons. The first-order chi connectivity index (χ1) is 10.3. The van der Waals surface area contributed by atoms with Gasteiger partial charge in [0.25, 0.3) is 0 Å². The Morgan fingerprint density at radius 3 is 2.50 bits per heavy atom. The summed E-state index contributed by atoms with van der Waals surface area (Å²) in [6.07, 6.45) is 11.4. The van der Waals surface area contributed by atoms with Gasteiger partial charge in [-0.3, -0.25) is 4.79 Å². The molecule has 6 atom stereocenters. The zero-order valence-corrected chi connectivity index (χ0v) is 14.5. The van der Waals surface area contributed by atoms with Gasteiger partial charge in [0.1, 0.15) is 0 Å². The number of aliphatic carboxylic acids is 1. The van der Waals surface area contributed by atoms with E-state index in [-0.39, 0.29) is 5.41 Å². The van der Waals surface area contributed by atoms with E-state index in [9.17, 15) is 9.90 Å². The minimum atomic E-state index is -0.561. The third kappa shape index (κ3) is 2.17. The highest BCUT2D eigenvalue weighted by Crippen LogP contribution is 2.65. The Kier molecular flexibility index (Phi) is 3.73. The molecule has 3 saturated carbocycles. The zero-order valence-electron chi connectivity index (χ0n) is 14.5. The van der Waals surface area contributed by atoms with Gasteiger partial charge in [-0.25, -0.2) is 0 Å². The molecule has 6 unspecified atom stereocenters. The zero-order chi connectivity index (χ0) is 16.2. The number of hydrogen-bond donors (Lipinski definition) is 1. The average molecular weight is 304 g/mol. The summed E-state index contributed by atoms with van der Waals surface area (Å²) < 4.78 is 0. The van der Waals surface area contributed by atoms with Gasteiger partial charge < -0.3 is 5.11 Å². The van der Waals surface area contributed by atoms with Crippen LogP contribution in [-0.4, -0.2) is 11.1 Å². The number of carbonyl (C=O) groups is 1. The Balaban J connectivity index is 1.90. The first-order valence-electron chi connectivity index (χ1n) is 9.12. The lowest BCUT2D eigenvalue weighted by Gasteiger charge is -2.61. The van der Waals surface area contributed by atoms with Crippen molar-refractivity contribution in [2.24, 2.45) is 34.0 Å². The van der Waals surface area contributed by atoms with Crippen molar-refractivity contribution >= 4 is 5.97 Å². The molecule has 0 aromatic heterocycles. The summed E-state index contributed by atoms with van der Waals surface area (Å²) in [6.45, 7) is 10.9. The summed E-state index contributed by atoms with van der Waals surface area (Å²) in [7, 11) is 0. The number of rotatable bonds is 2. The minimum Gasteiger partial charge on any atom is -0.481 e. The van der Waals surface area contributed by atoms with Gasteiger partial charge in [-0.15, -0.1) is 6.58 Å². The van der Waals surface area contributed by atoms with E-state index < -0.39 is 11.4 Å². The molecule has 3 fully saturated rings. The van der Waals surface area contributed by atoms with E-state index in [4.69, 9.17) is 0 Å². The lowest BCUT2D eigenvalue weighted by Crippen LogP contribution is -2.56. The van der Waals surface area contributed by atoms with Crippen LogP contribution in [0.3, 0.4) is 0 Å². The van der Waals surface area contributed by atoms with E-state index in [0.29, 0.717) is 11.3 Å². The summed E-state index contributed by atoms with van der Waals surface area (Å²) in [5.74, 6) is 1.29. The third-order valence-electron chi connectivity index (χ3n) is 7.96. The fourth-order valence-corrected chi connectivity index (χ4v) is 6.56. The van der Waals surface area contributed by atoms with E-state index in [1.807, 2.05) is 6.92 Å². The van der Waals surface area contributed by atoms with Crippen molar-refractivity contribution in [3.05, 3.63) is 12.7 Å². The molecule has 1 N–H and O–H groups in total. The number of allylic oxidation sites excluding steroid dienone is 1. The lowest BCUT2D eigenvalue weighted by atomic mass is 9.43. The van der Waals surface area contributed by atoms with Crippen LogP contribution in [0.2, 0.25) is 0 Å². The van der Waals surface area contributed by atoms with Gasteiger partial charge in [-0.2, -0.15) is 0 Å². The predicted molar refractivity (Wildman–Crippen MR) is 89.6 cm³/mol. The average Bonchev–Trinajstić information content (AvgIpc) is 2.46. The highest BCUT2D eigenvalue weighted by atomic mass is 16.4. The standard InChI is InChI=1S/C20H32O2/c1-5-18(2)12-9-15-14(13-18)7-8-16-19(15,3)10-6-11-20(16,4)17(21)22/h5,14-16H,1,6-13H2,2-4H3,(H,21,22). The quantitative estimate of drug-likeness (QED) is 0.704. The molecule has 3 aliphatic rings. The van der Waals surface area contributed by atoms with Crippen molar-refractivity contribution in [1.82, 2.24) is 0 Å². The molecule has 2 heteroatoms. The highest BCUT2D eigenvalue weighted by molar-refractivity contribution is 5.75. The van der Waals surface area contributed by atoms with E-state index in [0.717, 1.165) is 31.1 Å². The van der Waals surface area contributed by atoms with Gasteiger partial charge in [0.15, 0.2) is 0 Å². The summed E-state index contributed by atoms with van der Waals surface area (Å²) in [5, 5.41) is 9.85. The Hall–Kier alpha value is -0.790. The maximum atomic E-state index is 12.0. The van der Waals surface area contributed by atoms with Crippen LogP contribution in [0, 0.1) is 34.0 Å². The number of carboxylic acids is 1. The molecule has 2 nitrogen and oxygen atoms in total. The Morgan fingerprint density at radius 1 is 1.14 bits per heavy atom. The van der Waals surface area contributed by atoms with Crippen molar-refractivity contribution < 1.29 is 9.90 Å². The molecule has 0 aromatic carbocycles. The van der Waals surface area contributed by atoms with Crippen LogP contribution in [0.15, 0.2) is 12.7 Å². The molecule has 22 heavy (non-hydrogen) atoms. The van der Waals surface area contributed by atoms with Gasteiger partial charge in [0.05, 0.1) is 5.41 Å². The molecule has 0 aromatic rings. The first-order valence-corrected chi connectivity index (χ1v) is 9.12. The first kappa shape index (κ1) is 16.1. The van der Waals surface area contributed by atoms with Gasteiger partial charge in [-0.05, 0) is 80.5 Å². The SMILES string of the molecule is C=CC1(C)CCC2C(CCC3C(C)(C(=O)O)CCCC23C)C1. The summed E-state index contributed by atoms with van der Waals surface area (Å²) in [6, 6.07) is 0. The predicted octanol–water partition coefficient (Wildman–Crippen LogP) is 5.29. The van der Waals surface area contributed by atoms with Crippen molar-refractivity contribution in [3.63, 3.8) is 0 Å². The van der Waals surface area contributed by atoms with Crippen LogP contribution in [0.1, 0.15) is 72.1 Å². The second-order valence-electron chi connectivity index (χ2n) is 9.18. The fourth-order valence-electron chi connectivity index (χ4n) is 6.56.